The highest BCUT2D eigenvalue weighted by Gasteiger charge is 2.18. The summed E-state index contributed by atoms with van der Waals surface area (Å²) >= 11 is 0. The Bertz CT molecular complexity index is 299. The van der Waals surface area contributed by atoms with Crippen molar-refractivity contribution < 1.29 is 18.7 Å². The van der Waals surface area contributed by atoms with Gasteiger partial charge in [-0.3, -0.25) is 0 Å². The van der Waals surface area contributed by atoms with Crippen LogP contribution in [0.1, 0.15) is 11.7 Å². The number of carboxylic acid groups (broad SMARTS) is 1. The van der Waals surface area contributed by atoms with Gasteiger partial charge in [0.2, 0.25) is 6.17 Å². The Morgan fingerprint density at radius 3 is 2.67 bits per heavy atom. The lowest BCUT2D eigenvalue weighted by Gasteiger charge is -2.01. The maximum absolute atomic E-state index is 12.7. The summed E-state index contributed by atoms with van der Waals surface area (Å²) in [6.45, 7) is 0. The normalized spacial score (nSPS) is 12.5. The van der Waals surface area contributed by atoms with Crippen LogP contribution in [0.15, 0.2) is 24.3 Å². The molecule has 1 aromatic carbocycles. The third-order valence-corrected chi connectivity index (χ3v) is 1.36. The summed E-state index contributed by atoms with van der Waals surface area (Å²) in [5, 5.41) is 8.23. The van der Waals surface area contributed by atoms with Gasteiger partial charge < -0.3 is 5.11 Å². The van der Waals surface area contributed by atoms with Gasteiger partial charge in [-0.05, 0) is 12.1 Å². The molecule has 0 saturated carbocycles. The van der Waals surface area contributed by atoms with Crippen molar-refractivity contribution in [3.63, 3.8) is 0 Å². The lowest BCUT2D eigenvalue weighted by molar-refractivity contribution is -0.143. The van der Waals surface area contributed by atoms with Crippen LogP contribution in [0, 0.1) is 5.82 Å². The molecule has 0 amide bonds. The van der Waals surface area contributed by atoms with Gasteiger partial charge >= 0.3 is 5.97 Å². The molecule has 0 aliphatic carbocycles. The van der Waals surface area contributed by atoms with E-state index in [2.05, 4.69) is 0 Å². The zero-order chi connectivity index (χ0) is 9.14. The zero-order valence-electron chi connectivity index (χ0n) is 6.00. The summed E-state index contributed by atoms with van der Waals surface area (Å²) in [4.78, 5) is 10.1. The minimum atomic E-state index is -2.15. The van der Waals surface area contributed by atoms with E-state index in [1.54, 1.807) is 0 Å². The van der Waals surface area contributed by atoms with Gasteiger partial charge in [-0.2, -0.15) is 0 Å². The summed E-state index contributed by atoms with van der Waals surface area (Å²) in [5.74, 6) is -2.25. The molecule has 1 aromatic rings. The maximum Gasteiger partial charge on any atom is 0.343 e. The Hall–Kier alpha value is -1.45. The SMILES string of the molecule is O=C(O)C(F)c1cccc(F)c1. The highest BCUT2D eigenvalue weighted by atomic mass is 19.1. The molecular weight excluding hydrogens is 166 g/mol. The molecule has 0 saturated heterocycles. The van der Waals surface area contributed by atoms with Crippen molar-refractivity contribution in [1.29, 1.82) is 0 Å². The smallest absolute Gasteiger partial charge is 0.343 e. The van der Waals surface area contributed by atoms with Crippen LogP contribution in [0.3, 0.4) is 0 Å². The number of hydrogen-bond acceptors (Lipinski definition) is 1. The van der Waals surface area contributed by atoms with Gasteiger partial charge in [-0.15, -0.1) is 0 Å². The fourth-order valence-corrected chi connectivity index (χ4v) is 0.807. The number of rotatable bonds is 2. The second kappa shape index (κ2) is 3.30. The third-order valence-electron chi connectivity index (χ3n) is 1.36. The van der Waals surface area contributed by atoms with Crippen molar-refractivity contribution in [3.05, 3.63) is 35.6 Å². The topological polar surface area (TPSA) is 37.3 Å². The number of halogens is 2. The van der Waals surface area contributed by atoms with E-state index in [0.717, 1.165) is 12.1 Å². The molecule has 0 aliphatic heterocycles. The van der Waals surface area contributed by atoms with Crippen molar-refractivity contribution in [3.8, 4) is 0 Å². The van der Waals surface area contributed by atoms with Gasteiger partial charge in [0.25, 0.3) is 0 Å². The Kier molecular flexibility index (Phi) is 2.38. The summed E-state index contributed by atoms with van der Waals surface area (Å²) < 4.78 is 25.1. The Morgan fingerprint density at radius 2 is 2.17 bits per heavy atom. The van der Waals surface area contributed by atoms with Crippen molar-refractivity contribution in [2.24, 2.45) is 0 Å². The molecule has 0 aliphatic rings. The molecule has 1 unspecified atom stereocenters. The number of aliphatic carboxylic acids is 1. The molecular formula is C8H6F2O2. The van der Waals surface area contributed by atoms with Crippen LogP contribution in [0.4, 0.5) is 8.78 Å². The van der Waals surface area contributed by atoms with E-state index >= 15 is 0 Å². The van der Waals surface area contributed by atoms with Gasteiger partial charge in [-0.1, -0.05) is 12.1 Å². The van der Waals surface area contributed by atoms with E-state index in [9.17, 15) is 13.6 Å². The first-order valence-corrected chi connectivity index (χ1v) is 3.23. The quantitative estimate of drug-likeness (QED) is 0.739. The van der Waals surface area contributed by atoms with Crippen molar-refractivity contribution in [2.75, 3.05) is 0 Å². The predicted molar refractivity (Wildman–Crippen MR) is 37.9 cm³/mol. The van der Waals surface area contributed by atoms with Gasteiger partial charge in [0.15, 0.2) is 0 Å². The zero-order valence-corrected chi connectivity index (χ0v) is 6.00. The van der Waals surface area contributed by atoms with E-state index < -0.39 is 18.0 Å². The third kappa shape index (κ3) is 1.78. The molecule has 0 spiro atoms. The number of carbonyl (C=O) groups is 1. The minimum Gasteiger partial charge on any atom is -0.479 e. The highest BCUT2D eigenvalue weighted by Crippen LogP contribution is 2.17. The van der Waals surface area contributed by atoms with E-state index in [4.69, 9.17) is 5.11 Å². The fraction of sp³-hybridized carbons (Fsp3) is 0.125. The minimum absolute atomic E-state index is 0.178. The predicted octanol–water partition coefficient (Wildman–Crippen LogP) is 1.92. The molecule has 0 aromatic heterocycles. The molecule has 1 atom stereocenters. The van der Waals surface area contributed by atoms with Crippen molar-refractivity contribution >= 4 is 5.97 Å². The summed E-state index contributed by atoms with van der Waals surface area (Å²) in [5.41, 5.74) is -0.178. The molecule has 1 rings (SSSR count). The summed E-state index contributed by atoms with van der Waals surface area (Å²) in [7, 11) is 0. The molecule has 1 N–H and O–H groups in total. The number of alkyl halides is 1. The van der Waals surface area contributed by atoms with E-state index in [1.165, 1.54) is 12.1 Å². The van der Waals surface area contributed by atoms with E-state index in [1.807, 2.05) is 0 Å². The van der Waals surface area contributed by atoms with Crippen LogP contribution >= 0.6 is 0 Å². The molecule has 4 heteroatoms. The van der Waals surface area contributed by atoms with Crippen LogP contribution in [0.25, 0.3) is 0 Å². The Morgan fingerprint density at radius 1 is 1.50 bits per heavy atom. The molecule has 2 nitrogen and oxygen atoms in total. The second-order valence-electron chi connectivity index (χ2n) is 2.26. The lowest BCUT2D eigenvalue weighted by atomic mass is 10.1. The average molecular weight is 172 g/mol. The molecule has 12 heavy (non-hydrogen) atoms. The molecule has 0 fully saturated rings. The van der Waals surface area contributed by atoms with Gasteiger partial charge in [0, 0.05) is 5.56 Å². The Balaban J connectivity index is 2.95. The number of hydrogen-bond donors (Lipinski definition) is 1. The second-order valence-corrected chi connectivity index (χ2v) is 2.26. The number of benzene rings is 1. The first kappa shape index (κ1) is 8.64. The van der Waals surface area contributed by atoms with Crippen LogP contribution in [0.5, 0.6) is 0 Å². The Labute approximate surface area is 67.4 Å². The van der Waals surface area contributed by atoms with Crippen LogP contribution in [0.2, 0.25) is 0 Å². The van der Waals surface area contributed by atoms with Gasteiger partial charge in [0.05, 0.1) is 0 Å². The molecule has 64 valence electrons. The van der Waals surface area contributed by atoms with E-state index in [0.29, 0.717) is 0 Å². The standard InChI is InChI=1S/C8H6F2O2/c9-6-3-1-2-5(4-6)7(10)8(11)12/h1-4,7H,(H,11,12). The highest BCUT2D eigenvalue weighted by molar-refractivity contribution is 5.74. The lowest BCUT2D eigenvalue weighted by Crippen LogP contribution is -2.05. The first-order valence-electron chi connectivity index (χ1n) is 3.23. The van der Waals surface area contributed by atoms with Crippen molar-refractivity contribution in [2.45, 2.75) is 6.17 Å². The first-order chi connectivity index (χ1) is 5.61. The molecule has 0 bridgehead atoms. The average Bonchev–Trinajstić information content (AvgIpc) is 2.03. The van der Waals surface area contributed by atoms with Crippen LogP contribution in [-0.4, -0.2) is 11.1 Å². The van der Waals surface area contributed by atoms with Crippen LogP contribution < -0.4 is 0 Å². The molecule has 0 radical (unpaired) electrons. The van der Waals surface area contributed by atoms with E-state index in [-0.39, 0.29) is 5.56 Å². The largest absolute Gasteiger partial charge is 0.479 e. The summed E-state index contributed by atoms with van der Waals surface area (Å²) in [6.07, 6.45) is -2.15. The van der Waals surface area contributed by atoms with Crippen molar-refractivity contribution in [1.82, 2.24) is 0 Å². The fourth-order valence-electron chi connectivity index (χ4n) is 0.807. The number of carboxylic acids is 1. The maximum atomic E-state index is 12.7. The van der Waals surface area contributed by atoms with Crippen LogP contribution in [-0.2, 0) is 4.79 Å². The van der Waals surface area contributed by atoms with Gasteiger partial charge in [-0.25, -0.2) is 13.6 Å². The monoisotopic (exact) mass is 172 g/mol. The summed E-state index contributed by atoms with van der Waals surface area (Å²) in [6, 6.07) is 4.47. The molecule has 0 heterocycles. The van der Waals surface area contributed by atoms with Gasteiger partial charge in [0.1, 0.15) is 5.82 Å².